The Morgan fingerprint density at radius 2 is 0.900 bits per heavy atom. The van der Waals surface area contributed by atoms with Gasteiger partial charge in [0.15, 0.2) is 0 Å². The molecule has 0 heterocycles. The molecule has 0 saturated heterocycles. The van der Waals surface area contributed by atoms with Crippen molar-refractivity contribution in [3.05, 3.63) is 0 Å². The van der Waals surface area contributed by atoms with Gasteiger partial charge in [0.2, 0.25) is 0 Å². The van der Waals surface area contributed by atoms with Gasteiger partial charge in [0.05, 0.1) is 0 Å². The summed E-state index contributed by atoms with van der Waals surface area (Å²) in [5.41, 5.74) is 0. The van der Waals surface area contributed by atoms with Gasteiger partial charge in [-0.1, -0.05) is 0 Å². The predicted molar refractivity (Wildman–Crippen MR) is 20.5 cm³/mol. The maximum atomic E-state index is 8.48. The van der Waals surface area contributed by atoms with Crippen LogP contribution in [0.4, 0.5) is 0 Å². The third-order valence-electron chi connectivity index (χ3n) is 0. The quantitative estimate of drug-likeness (QED) is 0.295. The minimum absolute atomic E-state index is 0. The number of hydrogen-bond acceptors (Lipinski definition) is 6. The van der Waals surface area contributed by atoms with Crippen molar-refractivity contribution in [1.29, 1.82) is 0 Å². The van der Waals surface area contributed by atoms with Crippen LogP contribution in [0.3, 0.4) is 0 Å². The molecule has 0 atom stereocenters. The summed E-state index contributed by atoms with van der Waals surface area (Å²) in [5, 5.41) is 0. The minimum atomic E-state index is -3.37. The van der Waals surface area contributed by atoms with E-state index in [1.807, 2.05) is 0 Å². The normalized spacial score (nSPS) is 7.20. The summed E-state index contributed by atoms with van der Waals surface area (Å²) < 4.78 is 0. The van der Waals surface area contributed by atoms with Crippen molar-refractivity contribution in [2.75, 3.05) is 0 Å². The second-order valence-corrected chi connectivity index (χ2v) is 1.48. The van der Waals surface area contributed by atoms with Crippen LogP contribution in [0.1, 0.15) is 0 Å². The maximum Gasteiger partial charge on any atom is 2.00 e. The molecule has 3 N–H and O–H groups in total. The van der Waals surface area contributed by atoms with E-state index in [1.165, 1.54) is 0 Å². The zero-order valence-electron chi connectivity index (χ0n) is 5.17. The molecule has 0 saturated carbocycles. The molecule has 0 rings (SSSR count). The average molecular weight is 265 g/mol. The molecule has 0 aliphatic rings. The molecule has 0 aliphatic carbocycles. The monoisotopic (exact) mass is 264 g/mol. The molecule has 0 aromatic heterocycles. The van der Waals surface area contributed by atoms with Gasteiger partial charge in [-0.25, -0.2) is 0 Å². The van der Waals surface area contributed by atoms with Crippen LogP contribution in [0.15, 0.2) is 0 Å². The van der Waals surface area contributed by atoms with Crippen LogP contribution in [0.25, 0.3) is 0 Å². The Kier molecular flexibility index (Phi) is 41.1. The van der Waals surface area contributed by atoms with Gasteiger partial charge in [0.25, 0.3) is 0 Å². The van der Waals surface area contributed by atoms with E-state index in [0.29, 0.717) is 0 Å². The van der Waals surface area contributed by atoms with Crippen molar-refractivity contribution in [1.82, 2.24) is 0 Å². The summed E-state index contributed by atoms with van der Waals surface area (Å²) in [6.45, 7) is 0. The van der Waals surface area contributed by atoms with E-state index in [1.54, 1.807) is 0 Å². The number of rotatable bonds is 0. The van der Waals surface area contributed by atoms with Gasteiger partial charge in [-0.15, -0.1) is 0 Å². The fraction of sp³-hybridized carbons (Fsp3) is 0. The van der Waals surface area contributed by atoms with Crippen molar-refractivity contribution < 1.29 is 100 Å². The zero-order valence-corrected chi connectivity index (χ0v) is 13.0. The van der Waals surface area contributed by atoms with Crippen LogP contribution in [-0.2, 0) is 19.5 Å². The fourth-order valence-corrected chi connectivity index (χ4v) is 0. The molecule has 0 aliphatic heterocycles. The van der Waals surface area contributed by atoms with Crippen LogP contribution in [0.5, 0.6) is 0 Å². The Balaban J connectivity index is -0.0000000300. The van der Waals surface area contributed by atoms with Crippen molar-refractivity contribution in [2.24, 2.45) is 0 Å². The Morgan fingerprint density at radius 3 is 0.900 bits per heavy atom. The van der Waals surface area contributed by atoms with Gasteiger partial charge >= 0.3 is 79.5 Å². The Hall–Kier alpha value is 2.88. The SMILES string of the molecule is OP(O)O.[K+].[O-]P([O-])[O-].[Zn+2]. The van der Waals surface area contributed by atoms with Gasteiger partial charge in [-0.2, -0.15) is 0 Å². The molecular formula is H3KO6P2Zn. The van der Waals surface area contributed by atoms with E-state index in [-0.39, 0.29) is 70.9 Å². The topological polar surface area (TPSA) is 130 Å². The van der Waals surface area contributed by atoms with Gasteiger partial charge in [-0.05, 0) is 0 Å². The molecule has 10 heteroatoms. The molecule has 0 radical (unpaired) electrons. The first kappa shape index (κ1) is 23.1. The molecule has 0 amide bonds. The van der Waals surface area contributed by atoms with Crippen LogP contribution >= 0.6 is 17.2 Å². The van der Waals surface area contributed by atoms with Crippen LogP contribution in [-0.4, -0.2) is 14.7 Å². The molecule has 0 aromatic rings. The van der Waals surface area contributed by atoms with Gasteiger partial charge in [0, 0.05) is 0 Å². The van der Waals surface area contributed by atoms with Crippen LogP contribution < -0.4 is 66.1 Å². The summed E-state index contributed by atoms with van der Waals surface area (Å²) >= 11 is 0. The van der Waals surface area contributed by atoms with E-state index in [9.17, 15) is 0 Å². The Morgan fingerprint density at radius 1 is 0.900 bits per heavy atom. The summed E-state index contributed by atoms with van der Waals surface area (Å²) in [4.78, 5) is 47.1. The summed E-state index contributed by atoms with van der Waals surface area (Å²) in [5.74, 6) is 0. The van der Waals surface area contributed by atoms with Crippen molar-refractivity contribution in [3.8, 4) is 0 Å². The molecule has 0 fully saturated rings. The van der Waals surface area contributed by atoms with Crippen LogP contribution in [0.2, 0.25) is 0 Å². The first-order valence-corrected chi connectivity index (χ1v) is 3.44. The molecule has 52 valence electrons. The second-order valence-electron chi connectivity index (χ2n) is 0.492. The third kappa shape index (κ3) is 128. The smallest absolute Gasteiger partial charge is 0.854 e. The Labute approximate surface area is 115 Å². The standard InChI is InChI=1S/K.H3O3P.O3P.Zn/c;2*1-4(2)3;/h;1-3H;;/q+1;;-3;+2. The van der Waals surface area contributed by atoms with E-state index < -0.39 is 17.2 Å². The maximum absolute atomic E-state index is 8.48. The van der Waals surface area contributed by atoms with E-state index in [2.05, 4.69) is 0 Å². The van der Waals surface area contributed by atoms with E-state index in [4.69, 9.17) is 29.4 Å². The van der Waals surface area contributed by atoms with E-state index in [0.717, 1.165) is 0 Å². The van der Waals surface area contributed by atoms with Crippen molar-refractivity contribution >= 4 is 17.2 Å². The summed E-state index contributed by atoms with van der Waals surface area (Å²) in [6, 6.07) is 0. The molecule has 0 aromatic carbocycles. The second kappa shape index (κ2) is 17.8. The van der Waals surface area contributed by atoms with Crippen LogP contribution in [0, 0.1) is 0 Å². The zero-order chi connectivity index (χ0) is 7.15. The van der Waals surface area contributed by atoms with E-state index >= 15 is 0 Å². The number of hydrogen-bond donors (Lipinski definition) is 3. The minimum Gasteiger partial charge on any atom is -0.854 e. The fourth-order valence-electron chi connectivity index (χ4n) is 0. The van der Waals surface area contributed by atoms with Gasteiger partial charge in [-0.3, -0.25) is 0 Å². The first-order chi connectivity index (χ1) is 3.46. The van der Waals surface area contributed by atoms with Crippen molar-refractivity contribution in [2.45, 2.75) is 0 Å². The van der Waals surface area contributed by atoms with Crippen molar-refractivity contribution in [3.63, 3.8) is 0 Å². The largest absolute Gasteiger partial charge is 2.00 e. The predicted octanol–water partition coefficient (Wildman–Crippen LogP) is -6.51. The third-order valence-corrected chi connectivity index (χ3v) is 0. The average Bonchev–Trinajstić information content (AvgIpc) is 1.25. The molecule has 0 bridgehead atoms. The molecular weight excluding hydrogens is 262 g/mol. The molecule has 6 nitrogen and oxygen atoms in total. The van der Waals surface area contributed by atoms with Gasteiger partial charge < -0.3 is 38.0 Å². The summed E-state index contributed by atoms with van der Waals surface area (Å²) in [7, 11) is -5.99. The molecule has 0 spiro atoms. The first-order valence-electron chi connectivity index (χ1n) is 1.15. The molecule has 0 unspecified atom stereocenters. The summed E-state index contributed by atoms with van der Waals surface area (Å²) in [6.07, 6.45) is 0. The molecule has 10 heavy (non-hydrogen) atoms. The van der Waals surface area contributed by atoms with Gasteiger partial charge in [0.1, 0.15) is 0 Å². The Bertz CT molecular complexity index is 31.2.